The van der Waals surface area contributed by atoms with Gasteiger partial charge in [0.05, 0.1) is 0 Å². The molecule has 17 heavy (non-hydrogen) atoms. The molecule has 0 unspecified atom stereocenters. The summed E-state index contributed by atoms with van der Waals surface area (Å²) in [6.45, 7) is 5.09. The molecule has 0 atom stereocenters. The number of hydrogen-bond donors (Lipinski definition) is 1. The lowest BCUT2D eigenvalue weighted by Gasteiger charge is -2.18. The molecule has 2 nitrogen and oxygen atoms in total. The normalized spacial score (nSPS) is 12.8. The van der Waals surface area contributed by atoms with Crippen molar-refractivity contribution in [2.75, 3.05) is 11.9 Å². The van der Waals surface area contributed by atoms with Gasteiger partial charge >= 0.3 is 0 Å². The van der Waals surface area contributed by atoms with Crippen LogP contribution >= 0.6 is 0 Å². The van der Waals surface area contributed by atoms with Gasteiger partial charge in [-0.2, -0.15) is 0 Å². The quantitative estimate of drug-likeness (QED) is 0.636. The number of rotatable bonds is 4. The van der Waals surface area contributed by atoms with E-state index < -0.39 is 0 Å². The molecule has 0 aromatic heterocycles. The molecule has 94 valence electrons. The summed E-state index contributed by atoms with van der Waals surface area (Å²) in [4.78, 5) is 10.2. The minimum absolute atomic E-state index is 0.676. The second kappa shape index (κ2) is 7.88. The Labute approximate surface area is 104 Å². The van der Waals surface area contributed by atoms with Gasteiger partial charge in [0.2, 0.25) is 0 Å². The molecule has 2 rings (SSSR count). The van der Waals surface area contributed by atoms with Crippen molar-refractivity contribution in [2.24, 2.45) is 0 Å². The molecule has 1 N–H and O–H groups in total. The fraction of sp³-hybridized carbons (Fsp3) is 0.533. The average molecular weight is 233 g/mol. The summed E-state index contributed by atoms with van der Waals surface area (Å²) in [6, 6.07) is 6.62. The summed E-state index contributed by atoms with van der Waals surface area (Å²) in [5, 5.41) is 3.40. The molecular weight excluding hydrogens is 210 g/mol. The van der Waals surface area contributed by atoms with Gasteiger partial charge in [-0.25, -0.2) is 0 Å². The SMILES string of the molecule is CC.O=CCCCc1ccc2c(c1)CCCN2. The largest absolute Gasteiger partial charge is 0.385 e. The fourth-order valence-corrected chi connectivity index (χ4v) is 2.07. The maximum Gasteiger partial charge on any atom is 0.120 e. The fourth-order valence-electron chi connectivity index (χ4n) is 2.07. The molecule has 0 bridgehead atoms. The highest BCUT2D eigenvalue weighted by molar-refractivity contribution is 5.54. The van der Waals surface area contributed by atoms with Gasteiger partial charge in [0.25, 0.3) is 0 Å². The Balaban J connectivity index is 0.000000686. The van der Waals surface area contributed by atoms with E-state index in [0.717, 1.165) is 25.7 Å². The Morgan fingerprint density at radius 2 is 2.18 bits per heavy atom. The number of anilines is 1. The van der Waals surface area contributed by atoms with Crippen LogP contribution in [0, 0.1) is 0 Å². The van der Waals surface area contributed by atoms with Crippen LogP contribution in [0.5, 0.6) is 0 Å². The van der Waals surface area contributed by atoms with Gasteiger partial charge in [0.1, 0.15) is 6.29 Å². The first-order valence-corrected chi connectivity index (χ1v) is 6.69. The van der Waals surface area contributed by atoms with E-state index in [1.54, 1.807) is 0 Å². The lowest BCUT2D eigenvalue weighted by Crippen LogP contribution is -2.11. The molecule has 0 saturated carbocycles. The van der Waals surface area contributed by atoms with Crippen molar-refractivity contribution in [3.8, 4) is 0 Å². The molecule has 0 fully saturated rings. The van der Waals surface area contributed by atoms with Gasteiger partial charge in [-0.05, 0) is 42.9 Å². The molecule has 0 radical (unpaired) electrons. The summed E-state index contributed by atoms with van der Waals surface area (Å²) >= 11 is 0. The van der Waals surface area contributed by atoms with Crippen molar-refractivity contribution >= 4 is 12.0 Å². The maximum absolute atomic E-state index is 10.2. The molecule has 0 amide bonds. The number of carbonyl (C=O) groups excluding carboxylic acids is 1. The van der Waals surface area contributed by atoms with Crippen LogP contribution in [0.2, 0.25) is 0 Å². The van der Waals surface area contributed by atoms with Crippen LogP contribution < -0.4 is 5.32 Å². The minimum Gasteiger partial charge on any atom is -0.385 e. The lowest BCUT2D eigenvalue weighted by atomic mass is 9.98. The van der Waals surface area contributed by atoms with Crippen molar-refractivity contribution in [1.82, 2.24) is 0 Å². The number of nitrogens with one attached hydrogen (secondary N) is 1. The molecule has 1 heterocycles. The topological polar surface area (TPSA) is 29.1 Å². The smallest absolute Gasteiger partial charge is 0.120 e. The first-order chi connectivity index (χ1) is 8.40. The van der Waals surface area contributed by atoms with Crippen LogP contribution in [-0.4, -0.2) is 12.8 Å². The molecule has 1 aliphatic heterocycles. The van der Waals surface area contributed by atoms with Gasteiger partial charge in [-0.3, -0.25) is 0 Å². The first-order valence-electron chi connectivity index (χ1n) is 6.69. The van der Waals surface area contributed by atoms with E-state index in [1.165, 1.54) is 29.7 Å². The van der Waals surface area contributed by atoms with E-state index in [1.807, 2.05) is 13.8 Å². The minimum atomic E-state index is 0.676. The third-order valence-corrected chi connectivity index (χ3v) is 2.90. The Morgan fingerprint density at radius 1 is 1.35 bits per heavy atom. The Morgan fingerprint density at radius 3 is 2.94 bits per heavy atom. The lowest BCUT2D eigenvalue weighted by molar-refractivity contribution is -0.107. The van der Waals surface area contributed by atoms with Gasteiger partial charge in [0.15, 0.2) is 0 Å². The van der Waals surface area contributed by atoms with E-state index >= 15 is 0 Å². The van der Waals surface area contributed by atoms with E-state index in [0.29, 0.717) is 6.42 Å². The highest BCUT2D eigenvalue weighted by Gasteiger charge is 2.08. The molecule has 2 heteroatoms. The number of hydrogen-bond acceptors (Lipinski definition) is 2. The molecule has 0 saturated heterocycles. The zero-order chi connectivity index (χ0) is 12.5. The third kappa shape index (κ3) is 4.22. The van der Waals surface area contributed by atoms with Crippen LogP contribution in [-0.2, 0) is 17.6 Å². The highest BCUT2D eigenvalue weighted by atomic mass is 16.1. The number of carbonyl (C=O) groups is 1. The predicted octanol–water partition coefficient (Wildman–Crippen LogP) is 3.59. The van der Waals surface area contributed by atoms with Gasteiger partial charge < -0.3 is 10.1 Å². The number of aryl methyl sites for hydroxylation is 2. The predicted molar refractivity (Wildman–Crippen MR) is 73.6 cm³/mol. The Bertz CT molecular complexity index is 347. The Kier molecular flexibility index (Phi) is 6.38. The summed E-state index contributed by atoms with van der Waals surface area (Å²) in [5.41, 5.74) is 4.09. The molecule has 0 aliphatic carbocycles. The van der Waals surface area contributed by atoms with Gasteiger partial charge in [-0.15, -0.1) is 0 Å². The maximum atomic E-state index is 10.2. The van der Waals surface area contributed by atoms with Crippen LogP contribution in [0.3, 0.4) is 0 Å². The third-order valence-electron chi connectivity index (χ3n) is 2.90. The average Bonchev–Trinajstić information content (AvgIpc) is 2.41. The van der Waals surface area contributed by atoms with Crippen LogP contribution in [0.4, 0.5) is 5.69 Å². The molecule has 1 aliphatic rings. The van der Waals surface area contributed by atoms with Gasteiger partial charge in [-0.1, -0.05) is 26.0 Å². The second-order valence-corrected chi connectivity index (χ2v) is 4.08. The number of benzene rings is 1. The second-order valence-electron chi connectivity index (χ2n) is 4.08. The number of aldehydes is 1. The first kappa shape index (κ1) is 13.8. The number of unbranched alkanes of at least 4 members (excludes halogenated alkanes) is 1. The summed E-state index contributed by atoms with van der Waals surface area (Å²) in [7, 11) is 0. The van der Waals surface area contributed by atoms with Gasteiger partial charge in [0, 0.05) is 18.7 Å². The van der Waals surface area contributed by atoms with E-state index in [-0.39, 0.29) is 0 Å². The van der Waals surface area contributed by atoms with Crippen LogP contribution in [0.1, 0.15) is 44.2 Å². The van der Waals surface area contributed by atoms with E-state index in [4.69, 9.17) is 0 Å². The van der Waals surface area contributed by atoms with Crippen molar-refractivity contribution < 1.29 is 4.79 Å². The summed E-state index contributed by atoms with van der Waals surface area (Å²) in [5.74, 6) is 0. The van der Waals surface area contributed by atoms with Crippen molar-refractivity contribution in [2.45, 2.75) is 46.0 Å². The molecule has 1 aromatic rings. The number of fused-ring (bicyclic) bond motifs is 1. The highest BCUT2D eigenvalue weighted by Crippen LogP contribution is 2.23. The van der Waals surface area contributed by atoms with E-state index in [2.05, 4.69) is 23.5 Å². The van der Waals surface area contributed by atoms with Crippen molar-refractivity contribution in [1.29, 1.82) is 0 Å². The van der Waals surface area contributed by atoms with Crippen LogP contribution in [0.15, 0.2) is 18.2 Å². The molecular formula is C15H23NO. The van der Waals surface area contributed by atoms with E-state index in [9.17, 15) is 4.79 Å². The zero-order valence-corrected chi connectivity index (χ0v) is 11.0. The Hall–Kier alpha value is -1.31. The standard InChI is InChI=1S/C13H17NO.C2H6/c15-9-2-1-4-11-6-7-13-12(10-11)5-3-8-14-13;1-2/h6-7,9-10,14H,1-5,8H2;1-2H3. The summed E-state index contributed by atoms with van der Waals surface area (Å²) < 4.78 is 0. The molecule has 0 spiro atoms. The van der Waals surface area contributed by atoms with Crippen molar-refractivity contribution in [3.63, 3.8) is 0 Å². The molecule has 1 aromatic carbocycles. The monoisotopic (exact) mass is 233 g/mol. The van der Waals surface area contributed by atoms with Crippen molar-refractivity contribution in [3.05, 3.63) is 29.3 Å². The van der Waals surface area contributed by atoms with Crippen LogP contribution in [0.25, 0.3) is 0 Å². The zero-order valence-electron chi connectivity index (χ0n) is 11.0. The summed E-state index contributed by atoms with van der Waals surface area (Å²) in [6.07, 6.45) is 6.08.